The third kappa shape index (κ3) is 4.21. The van der Waals surface area contributed by atoms with E-state index in [9.17, 15) is 4.79 Å². The first-order valence-electron chi connectivity index (χ1n) is 7.75. The number of hydrogen-bond donors (Lipinski definition) is 1. The molecule has 1 amide bonds. The number of carbonyl (C=O) groups excluding carboxylic acids is 1. The summed E-state index contributed by atoms with van der Waals surface area (Å²) in [5.74, 6) is 1.55. The van der Waals surface area contributed by atoms with Crippen molar-refractivity contribution in [3.05, 3.63) is 29.8 Å². The summed E-state index contributed by atoms with van der Waals surface area (Å²) in [5, 5.41) is 3.06. The summed E-state index contributed by atoms with van der Waals surface area (Å²) < 4.78 is 5.32. The zero-order chi connectivity index (χ0) is 15.2. The lowest BCUT2D eigenvalue weighted by Crippen LogP contribution is -2.44. The van der Waals surface area contributed by atoms with Crippen LogP contribution in [0.4, 0.5) is 0 Å². The van der Waals surface area contributed by atoms with Crippen LogP contribution in [0.1, 0.15) is 32.3 Å². The number of carbonyl (C=O) groups is 1. The van der Waals surface area contributed by atoms with Crippen molar-refractivity contribution in [3.63, 3.8) is 0 Å². The first-order valence-corrected chi connectivity index (χ1v) is 7.75. The number of para-hydroxylation sites is 1. The fourth-order valence-electron chi connectivity index (χ4n) is 2.96. The topological polar surface area (TPSA) is 41.6 Å². The zero-order valence-electron chi connectivity index (χ0n) is 13.3. The normalized spacial score (nSPS) is 19.0. The van der Waals surface area contributed by atoms with Gasteiger partial charge in [0.15, 0.2) is 0 Å². The lowest BCUT2D eigenvalue weighted by Gasteiger charge is -2.25. The second-order valence-corrected chi connectivity index (χ2v) is 6.08. The van der Waals surface area contributed by atoms with Crippen molar-refractivity contribution in [2.75, 3.05) is 20.2 Å². The van der Waals surface area contributed by atoms with E-state index in [4.69, 9.17) is 4.74 Å². The Labute approximate surface area is 127 Å². The van der Waals surface area contributed by atoms with Gasteiger partial charge in [-0.1, -0.05) is 32.0 Å². The van der Waals surface area contributed by atoms with Crippen LogP contribution in [0.5, 0.6) is 5.75 Å². The highest BCUT2D eigenvalue weighted by atomic mass is 16.5. The molecule has 0 spiro atoms. The quantitative estimate of drug-likeness (QED) is 0.875. The molecule has 1 aromatic carbocycles. The largest absolute Gasteiger partial charge is 0.496 e. The van der Waals surface area contributed by atoms with E-state index in [2.05, 4.69) is 24.1 Å². The third-order valence-corrected chi connectivity index (χ3v) is 3.91. The molecule has 4 nitrogen and oxygen atoms in total. The molecule has 0 bridgehead atoms. The van der Waals surface area contributed by atoms with Crippen molar-refractivity contribution in [1.82, 2.24) is 10.2 Å². The van der Waals surface area contributed by atoms with Crippen LogP contribution in [0.2, 0.25) is 0 Å². The molecule has 1 aromatic rings. The molecule has 116 valence electrons. The smallest absolute Gasteiger partial charge is 0.237 e. The molecule has 1 N–H and O–H groups in total. The maximum absolute atomic E-state index is 12.4. The van der Waals surface area contributed by atoms with Gasteiger partial charge in [-0.2, -0.15) is 0 Å². The lowest BCUT2D eigenvalue weighted by molar-refractivity contribution is -0.125. The molecule has 2 rings (SSSR count). The fraction of sp³-hybridized carbons (Fsp3) is 0.588. The van der Waals surface area contributed by atoms with E-state index < -0.39 is 0 Å². The molecular weight excluding hydrogens is 264 g/mol. The van der Waals surface area contributed by atoms with Crippen LogP contribution in [-0.2, 0) is 11.3 Å². The fourth-order valence-corrected chi connectivity index (χ4v) is 2.96. The van der Waals surface area contributed by atoms with Gasteiger partial charge < -0.3 is 10.1 Å². The summed E-state index contributed by atoms with van der Waals surface area (Å²) in [6, 6.07) is 7.83. The molecule has 0 saturated carbocycles. The van der Waals surface area contributed by atoms with Crippen molar-refractivity contribution in [2.24, 2.45) is 5.92 Å². The monoisotopic (exact) mass is 290 g/mol. The Bertz CT molecular complexity index is 474. The van der Waals surface area contributed by atoms with Gasteiger partial charge in [0.1, 0.15) is 5.75 Å². The van der Waals surface area contributed by atoms with Gasteiger partial charge in [-0.05, 0) is 31.4 Å². The first-order chi connectivity index (χ1) is 10.1. The molecule has 1 heterocycles. The molecule has 1 saturated heterocycles. The minimum absolute atomic E-state index is 0.0297. The molecule has 0 aromatic heterocycles. The Kier molecular flexibility index (Phi) is 5.62. The van der Waals surface area contributed by atoms with E-state index >= 15 is 0 Å². The predicted molar refractivity (Wildman–Crippen MR) is 84.3 cm³/mol. The molecule has 1 aliphatic heterocycles. The minimum Gasteiger partial charge on any atom is -0.496 e. The first kappa shape index (κ1) is 15.8. The number of rotatable bonds is 6. The van der Waals surface area contributed by atoms with Crippen molar-refractivity contribution in [2.45, 2.75) is 39.3 Å². The Morgan fingerprint density at radius 3 is 2.90 bits per heavy atom. The van der Waals surface area contributed by atoms with Crippen molar-refractivity contribution in [3.8, 4) is 5.75 Å². The van der Waals surface area contributed by atoms with Crippen LogP contribution in [0.25, 0.3) is 0 Å². The van der Waals surface area contributed by atoms with Crippen molar-refractivity contribution in [1.29, 1.82) is 0 Å². The average Bonchev–Trinajstić information content (AvgIpc) is 2.92. The van der Waals surface area contributed by atoms with Crippen LogP contribution in [-0.4, -0.2) is 37.0 Å². The zero-order valence-corrected chi connectivity index (χ0v) is 13.3. The van der Waals surface area contributed by atoms with Gasteiger partial charge >= 0.3 is 0 Å². The number of hydrogen-bond acceptors (Lipinski definition) is 3. The predicted octanol–water partition coefficient (Wildman–Crippen LogP) is 2.43. The molecule has 1 aliphatic rings. The Balaban J connectivity index is 1.92. The molecule has 0 unspecified atom stereocenters. The van der Waals surface area contributed by atoms with E-state index in [-0.39, 0.29) is 11.9 Å². The summed E-state index contributed by atoms with van der Waals surface area (Å²) >= 11 is 0. The van der Waals surface area contributed by atoms with Gasteiger partial charge in [0.05, 0.1) is 13.2 Å². The number of nitrogens with one attached hydrogen (secondary N) is 1. The highest BCUT2D eigenvalue weighted by molar-refractivity contribution is 5.82. The van der Waals surface area contributed by atoms with E-state index in [1.54, 1.807) is 7.11 Å². The SMILES string of the molecule is COc1ccccc1CNC(=O)[C@H]1CCCN1CC(C)C. The number of nitrogens with zero attached hydrogens (tertiary/aromatic N) is 1. The Hall–Kier alpha value is -1.55. The molecule has 1 atom stereocenters. The second kappa shape index (κ2) is 7.46. The number of ether oxygens (including phenoxy) is 1. The summed E-state index contributed by atoms with van der Waals surface area (Å²) in [7, 11) is 1.65. The molecular formula is C17H26N2O2. The summed E-state index contributed by atoms with van der Waals surface area (Å²) in [5.41, 5.74) is 1.02. The average molecular weight is 290 g/mol. The van der Waals surface area contributed by atoms with Crippen LogP contribution in [0, 0.1) is 5.92 Å². The molecule has 0 radical (unpaired) electrons. The van der Waals surface area contributed by atoms with E-state index in [1.165, 1.54) is 0 Å². The standard InChI is InChI=1S/C17H26N2O2/c1-13(2)12-19-10-6-8-15(19)17(20)18-11-14-7-4-5-9-16(14)21-3/h4-5,7,9,13,15H,6,8,10-12H2,1-3H3,(H,18,20)/t15-/m1/s1. The van der Waals surface area contributed by atoms with Gasteiger partial charge in [-0.15, -0.1) is 0 Å². The number of methoxy groups -OCH3 is 1. The number of likely N-dealkylation sites (tertiary alicyclic amines) is 1. The highest BCUT2D eigenvalue weighted by Gasteiger charge is 2.30. The van der Waals surface area contributed by atoms with Crippen LogP contribution < -0.4 is 10.1 Å². The highest BCUT2D eigenvalue weighted by Crippen LogP contribution is 2.20. The summed E-state index contributed by atoms with van der Waals surface area (Å²) in [4.78, 5) is 14.7. The van der Waals surface area contributed by atoms with Gasteiger partial charge in [0.2, 0.25) is 5.91 Å². The van der Waals surface area contributed by atoms with Crippen molar-refractivity contribution < 1.29 is 9.53 Å². The molecule has 0 aliphatic carbocycles. The second-order valence-electron chi connectivity index (χ2n) is 6.08. The van der Waals surface area contributed by atoms with Crippen LogP contribution in [0.15, 0.2) is 24.3 Å². The Morgan fingerprint density at radius 2 is 2.19 bits per heavy atom. The van der Waals surface area contributed by atoms with Crippen LogP contribution >= 0.6 is 0 Å². The maximum atomic E-state index is 12.4. The number of benzene rings is 1. The Morgan fingerprint density at radius 1 is 1.43 bits per heavy atom. The molecule has 1 fully saturated rings. The van der Waals surface area contributed by atoms with E-state index in [0.29, 0.717) is 12.5 Å². The summed E-state index contributed by atoms with van der Waals surface area (Å²) in [6.07, 6.45) is 2.07. The van der Waals surface area contributed by atoms with E-state index in [1.807, 2.05) is 24.3 Å². The molecule has 21 heavy (non-hydrogen) atoms. The lowest BCUT2D eigenvalue weighted by atomic mass is 10.1. The van der Waals surface area contributed by atoms with Gasteiger partial charge in [0, 0.05) is 18.7 Å². The van der Waals surface area contributed by atoms with Gasteiger partial charge in [0.25, 0.3) is 0 Å². The summed E-state index contributed by atoms with van der Waals surface area (Å²) in [6.45, 7) is 6.94. The minimum atomic E-state index is 0.0297. The number of amides is 1. The maximum Gasteiger partial charge on any atom is 0.237 e. The molecule has 4 heteroatoms. The van der Waals surface area contributed by atoms with Gasteiger partial charge in [-0.25, -0.2) is 0 Å². The van der Waals surface area contributed by atoms with Crippen LogP contribution in [0.3, 0.4) is 0 Å². The van der Waals surface area contributed by atoms with E-state index in [0.717, 1.165) is 37.2 Å². The third-order valence-electron chi connectivity index (χ3n) is 3.91. The van der Waals surface area contributed by atoms with Gasteiger partial charge in [-0.3, -0.25) is 9.69 Å². The van der Waals surface area contributed by atoms with Crippen molar-refractivity contribution >= 4 is 5.91 Å².